The Hall–Kier alpha value is -2.30. The number of carbonyl (C=O) groups excluding carboxylic acids is 1. The summed E-state index contributed by atoms with van der Waals surface area (Å²) in [5.74, 6) is -0.705. The van der Waals surface area contributed by atoms with Crippen LogP contribution in [0.2, 0.25) is 0 Å². The fourth-order valence-electron chi connectivity index (χ4n) is 2.28. The van der Waals surface area contributed by atoms with E-state index < -0.39 is 35.4 Å². The SMILES string of the molecule is CC(C)(C)OC(=O)N1CCO[C@H](CNc2nc(N)ncc2C(F)(F)F)C1. The quantitative estimate of drug-likeness (QED) is 0.832. The lowest BCUT2D eigenvalue weighted by Crippen LogP contribution is -2.49. The van der Waals surface area contributed by atoms with Crippen LogP contribution in [0.25, 0.3) is 0 Å². The van der Waals surface area contributed by atoms with Gasteiger partial charge in [0.1, 0.15) is 17.0 Å². The molecule has 1 atom stereocenters. The molecule has 0 aromatic carbocycles. The van der Waals surface area contributed by atoms with Crippen LogP contribution in [0.15, 0.2) is 6.20 Å². The van der Waals surface area contributed by atoms with Crippen molar-refractivity contribution in [1.29, 1.82) is 0 Å². The van der Waals surface area contributed by atoms with Gasteiger partial charge < -0.3 is 25.4 Å². The molecule has 1 saturated heterocycles. The Labute approximate surface area is 148 Å². The van der Waals surface area contributed by atoms with Crippen LogP contribution in [0, 0.1) is 0 Å². The Morgan fingerprint density at radius 1 is 1.46 bits per heavy atom. The van der Waals surface area contributed by atoms with Gasteiger partial charge in [0, 0.05) is 19.3 Å². The van der Waals surface area contributed by atoms with Gasteiger partial charge in [-0.25, -0.2) is 9.78 Å². The van der Waals surface area contributed by atoms with E-state index in [4.69, 9.17) is 15.2 Å². The third-order valence-corrected chi connectivity index (χ3v) is 3.40. The number of hydrogen-bond acceptors (Lipinski definition) is 7. The van der Waals surface area contributed by atoms with Crippen molar-refractivity contribution in [3.8, 4) is 0 Å². The summed E-state index contributed by atoms with van der Waals surface area (Å²) in [4.78, 5) is 20.5. The molecular formula is C15H22F3N5O3. The first-order valence-electron chi connectivity index (χ1n) is 7.99. The summed E-state index contributed by atoms with van der Waals surface area (Å²) in [6, 6.07) is 0. The molecule has 0 unspecified atom stereocenters. The van der Waals surface area contributed by atoms with Gasteiger partial charge in [-0.15, -0.1) is 0 Å². The van der Waals surface area contributed by atoms with Crippen molar-refractivity contribution in [3.05, 3.63) is 11.8 Å². The molecule has 2 rings (SSSR count). The van der Waals surface area contributed by atoms with Crippen LogP contribution < -0.4 is 11.1 Å². The number of hydrogen-bond donors (Lipinski definition) is 2. The predicted octanol–water partition coefficient (Wildman–Crippen LogP) is 2.13. The second-order valence-electron chi connectivity index (χ2n) is 6.79. The maximum atomic E-state index is 13.0. The number of alkyl halides is 3. The third-order valence-electron chi connectivity index (χ3n) is 3.40. The molecular weight excluding hydrogens is 355 g/mol. The number of anilines is 2. The zero-order chi connectivity index (χ0) is 19.5. The average Bonchev–Trinajstić information content (AvgIpc) is 2.50. The summed E-state index contributed by atoms with van der Waals surface area (Å²) in [6.45, 7) is 6.06. The summed E-state index contributed by atoms with van der Waals surface area (Å²) < 4.78 is 49.8. The standard InChI is InChI=1S/C15H22F3N5O3/c1-14(2,3)26-13(24)23-4-5-25-9(8-23)6-20-11-10(15(16,17)18)7-21-12(19)22-11/h7,9H,4-6,8H2,1-3H3,(H3,19,20,21,22)/t9-/m1/s1. The Morgan fingerprint density at radius 2 is 2.15 bits per heavy atom. The third kappa shape index (κ3) is 5.61. The second-order valence-corrected chi connectivity index (χ2v) is 6.79. The van der Waals surface area contributed by atoms with E-state index in [9.17, 15) is 18.0 Å². The van der Waals surface area contributed by atoms with E-state index in [0.717, 1.165) is 0 Å². The van der Waals surface area contributed by atoms with Crippen LogP contribution >= 0.6 is 0 Å². The molecule has 0 saturated carbocycles. The second kappa shape index (κ2) is 7.52. The van der Waals surface area contributed by atoms with Crippen molar-refractivity contribution in [2.24, 2.45) is 0 Å². The first kappa shape index (κ1) is 20.0. The molecule has 1 aromatic rings. The highest BCUT2D eigenvalue weighted by Crippen LogP contribution is 2.33. The maximum Gasteiger partial charge on any atom is 0.421 e. The number of rotatable bonds is 3. The molecule has 1 aromatic heterocycles. The summed E-state index contributed by atoms with van der Waals surface area (Å²) in [5.41, 5.74) is 3.71. The van der Waals surface area contributed by atoms with Crippen molar-refractivity contribution >= 4 is 17.9 Å². The fraction of sp³-hybridized carbons (Fsp3) is 0.667. The van der Waals surface area contributed by atoms with Crippen molar-refractivity contribution in [2.45, 2.75) is 38.7 Å². The molecule has 0 spiro atoms. The molecule has 11 heteroatoms. The van der Waals surface area contributed by atoms with Crippen LogP contribution in [-0.2, 0) is 15.7 Å². The molecule has 2 heterocycles. The highest BCUT2D eigenvalue weighted by atomic mass is 19.4. The average molecular weight is 377 g/mol. The minimum Gasteiger partial charge on any atom is -0.444 e. The van der Waals surface area contributed by atoms with E-state index in [1.165, 1.54) is 4.90 Å². The number of nitrogens with one attached hydrogen (secondary N) is 1. The highest BCUT2D eigenvalue weighted by Gasteiger charge is 2.35. The van der Waals surface area contributed by atoms with Gasteiger partial charge in [-0.3, -0.25) is 0 Å². The number of nitrogens with zero attached hydrogens (tertiary/aromatic N) is 3. The normalized spacial score (nSPS) is 18.5. The van der Waals surface area contributed by atoms with E-state index in [2.05, 4.69) is 15.3 Å². The molecule has 1 aliphatic rings. The number of nitrogens with two attached hydrogens (primary N) is 1. The van der Waals surface area contributed by atoms with Gasteiger partial charge in [-0.05, 0) is 20.8 Å². The first-order valence-corrected chi connectivity index (χ1v) is 7.99. The number of amides is 1. The van der Waals surface area contributed by atoms with E-state index in [0.29, 0.717) is 12.7 Å². The molecule has 0 aliphatic carbocycles. The number of carbonyl (C=O) groups is 1. The topological polar surface area (TPSA) is 103 Å². The van der Waals surface area contributed by atoms with Crippen LogP contribution in [0.4, 0.5) is 29.7 Å². The molecule has 0 radical (unpaired) electrons. The molecule has 1 aliphatic heterocycles. The lowest BCUT2D eigenvalue weighted by molar-refractivity contribution is -0.137. The van der Waals surface area contributed by atoms with Crippen LogP contribution in [0.1, 0.15) is 26.3 Å². The van der Waals surface area contributed by atoms with Gasteiger partial charge in [-0.1, -0.05) is 0 Å². The van der Waals surface area contributed by atoms with Gasteiger partial charge >= 0.3 is 12.3 Å². The lowest BCUT2D eigenvalue weighted by Gasteiger charge is -2.34. The Bertz CT molecular complexity index is 648. The molecule has 1 fully saturated rings. The van der Waals surface area contributed by atoms with Crippen molar-refractivity contribution in [2.75, 3.05) is 37.3 Å². The molecule has 3 N–H and O–H groups in total. The molecule has 146 valence electrons. The summed E-state index contributed by atoms with van der Waals surface area (Å²) in [6.07, 6.45) is -5.01. The number of morpholine rings is 1. The number of ether oxygens (including phenoxy) is 2. The van der Waals surface area contributed by atoms with E-state index >= 15 is 0 Å². The predicted molar refractivity (Wildman–Crippen MR) is 87.5 cm³/mol. The smallest absolute Gasteiger partial charge is 0.421 e. The number of aromatic nitrogens is 2. The van der Waals surface area contributed by atoms with Gasteiger partial charge in [0.15, 0.2) is 0 Å². The van der Waals surface area contributed by atoms with E-state index in [-0.39, 0.29) is 25.6 Å². The minimum atomic E-state index is -4.62. The molecule has 26 heavy (non-hydrogen) atoms. The summed E-state index contributed by atoms with van der Waals surface area (Å²) in [7, 11) is 0. The van der Waals surface area contributed by atoms with Gasteiger partial charge in [0.2, 0.25) is 5.95 Å². The Balaban J connectivity index is 2.00. The van der Waals surface area contributed by atoms with Gasteiger partial charge in [-0.2, -0.15) is 18.2 Å². The molecule has 0 bridgehead atoms. The monoisotopic (exact) mass is 377 g/mol. The zero-order valence-electron chi connectivity index (χ0n) is 14.8. The van der Waals surface area contributed by atoms with Crippen molar-refractivity contribution in [3.63, 3.8) is 0 Å². The zero-order valence-corrected chi connectivity index (χ0v) is 14.8. The van der Waals surface area contributed by atoms with Crippen LogP contribution in [0.3, 0.4) is 0 Å². The largest absolute Gasteiger partial charge is 0.444 e. The molecule has 8 nitrogen and oxygen atoms in total. The van der Waals surface area contributed by atoms with E-state index in [1.807, 2.05) is 0 Å². The van der Waals surface area contributed by atoms with Gasteiger partial charge in [0.25, 0.3) is 0 Å². The summed E-state index contributed by atoms with van der Waals surface area (Å²) >= 11 is 0. The maximum absolute atomic E-state index is 13.0. The minimum absolute atomic E-state index is 0.0127. The first-order chi connectivity index (χ1) is 12.0. The fourth-order valence-corrected chi connectivity index (χ4v) is 2.28. The highest BCUT2D eigenvalue weighted by molar-refractivity contribution is 5.68. The van der Waals surface area contributed by atoms with Gasteiger partial charge in [0.05, 0.1) is 19.3 Å². The van der Waals surface area contributed by atoms with E-state index in [1.54, 1.807) is 20.8 Å². The number of halogens is 3. The van der Waals surface area contributed by atoms with Crippen molar-refractivity contribution < 1.29 is 27.4 Å². The van der Waals surface area contributed by atoms with Crippen molar-refractivity contribution in [1.82, 2.24) is 14.9 Å². The Morgan fingerprint density at radius 3 is 2.77 bits per heavy atom. The molecule has 1 amide bonds. The lowest BCUT2D eigenvalue weighted by atomic mass is 10.2. The Kier molecular flexibility index (Phi) is 5.79. The summed E-state index contributed by atoms with van der Waals surface area (Å²) in [5, 5.41) is 2.58. The van der Waals surface area contributed by atoms with Crippen LogP contribution in [0.5, 0.6) is 0 Å². The van der Waals surface area contributed by atoms with Crippen LogP contribution in [-0.4, -0.2) is 58.9 Å². The number of nitrogen functional groups attached to an aromatic ring is 1.